The maximum atomic E-state index is 13.0. The van der Waals surface area contributed by atoms with Crippen LogP contribution in [-0.4, -0.2) is 48.5 Å². The molecule has 8 heteroatoms. The van der Waals surface area contributed by atoms with Crippen molar-refractivity contribution in [2.24, 2.45) is 7.05 Å². The number of amides is 1. The van der Waals surface area contributed by atoms with E-state index < -0.39 is 5.60 Å². The van der Waals surface area contributed by atoms with Gasteiger partial charge in [0.2, 0.25) is 5.91 Å². The quantitative estimate of drug-likeness (QED) is 0.329. The SMILES string of the molecule is CC.Cn1cc(C2(O)CCN(C(=O)Cc3ccc(-c4ccc(C#N)cc4)nc3)CC2)nc1-c1ccc(C(C)(C)C)cn1. The summed E-state index contributed by atoms with van der Waals surface area (Å²) in [5.41, 5.74) is 4.60. The van der Waals surface area contributed by atoms with Gasteiger partial charge in [-0.3, -0.25) is 14.8 Å². The van der Waals surface area contributed by atoms with E-state index in [1.54, 1.807) is 23.2 Å². The second-order valence-corrected chi connectivity index (χ2v) is 11.6. The third kappa shape index (κ3) is 6.75. The summed E-state index contributed by atoms with van der Waals surface area (Å²) in [6.45, 7) is 11.4. The number of aryl methyl sites for hydroxylation is 1. The number of pyridine rings is 2. The first-order valence-corrected chi connectivity index (χ1v) is 14.5. The van der Waals surface area contributed by atoms with Gasteiger partial charge in [-0.15, -0.1) is 0 Å². The summed E-state index contributed by atoms with van der Waals surface area (Å²) in [4.78, 5) is 28.8. The molecule has 1 N–H and O–H groups in total. The molecule has 0 aliphatic carbocycles. The number of hydrogen-bond donors (Lipinski definition) is 1. The van der Waals surface area contributed by atoms with Crippen LogP contribution < -0.4 is 0 Å². The van der Waals surface area contributed by atoms with Crippen LogP contribution in [0.15, 0.2) is 67.1 Å². The molecule has 218 valence electrons. The molecular formula is C34H40N6O2. The van der Waals surface area contributed by atoms with E-state index in [1.165, 1.54) is 0 Å². The first-order chi connectivity index (χ1) is 20.1. The monoisotopic (exact) mass is 564 g/mol. The molecule has 0 atom stereocenters. The minimum absolute atomic E-state index is 0.0137. The molecule has 0 bridgehead atoms. The van der Waals surface area contributed by atoms with Gasteiger partial charge in [-0.05, 0) is 53.6 Å². The lowest BCUT2D eigenvalue weighted by Crippen LogP contribution is -2.45. The third-order valence-electron chi connectivity index (χ3n) is 7.64. The zero-order chi connectivity index (χ0) is 30.5. The number of nitrogens with zero attached hydrogens (tertiary/aromatic N) is 6. The van der Waals surface area contributed by atoms with Crippen LogP contribution in [0, 0.1) is 11.3 Å². The fourth-order valence-electron chi connectivity index (χ4n) is 4.98. The minimum Gasteiger partial charge on any atom is -0.383 e. The number of aromatic nitrogens is 4. The van der Waals surface area contributed by atoms with Crippen LogP contribution in [0.4, 0.5) is 0 Å². The molecule has 4 heterocycles. The van der Waals surface area contributed by atoms with E-state index in [0.29, 0.717) is 43.0 Å². The lowest BCUT2D eigenvalue weighted by atomic mass is 9.88. The number of aliphatic hydroxyl groups is 1. The fraction of sp³-hybridized carbons (Fsp3) is 0.382. The summed E-state index contributed by atoms with van der Waals surface area (Å²) < 4.78 is 1.90. The number of benzene rings is 1. The summed E-state index contributed by atoms with van der Waals surface area (Å²) in [5, 5.41) is 20.5. The number of carbonyl (C=O) groups is 1. The second kappa shape index (κ2) is 12.7. The maximum Gasteiger partial charge on any atom is 0.227 e. The molecule has 8 nitrogen and oxygen atoms in total. The van der Waals surface area contributed by atoms with Crippen LogP contribution in [-0.2, 0) is 29.3 Å². The Morgan fingerprint density at radius 2 is 1.62 bits per heavy atom. The van der Waals surface area contributed by atoms with Gasteiger partial charge in [0.05, 0.1) is 29.4 Å². The molecule has 1 aliphatic rings. The van der Waals surface area contributed by atoms with E-state index in [2.05, 4.69) is 42.9 Å². The number of piperidine rings is 1. The van der Waals surface area contributed by atoms with Gasteiger partial charge < -0.3 is 14.6 Å². The molecule has 1 amide bonds. The zero-order valence-corrected chi connectivity index (χ0v) is 25.4. The van der Waals surface area contributed by atoms with E-state index >= 15 is 0 Å². The van der Waals surface area contributed by atoms with Crippen LogP contribution in [0.3, 0.4) is 0 Å². The predicted molar refractivity (Wildman–Crippen MR) is 164 cm³/mol. The number of nitriles is 1. The zero-order valence-electron chi connectivity index (χ0n) is 25.4. The van der Waals surface area contributed by atoms with Gasteiger partial charge in [-0.1, -0.05) is 58.9 Å². The molecular weight excluding hydrogens is 524 g/mol. The van der Waals surface area contributed by atoms with Crippen molar-refractivity contribution in [1.29, 1.82) is 5.26 Å². The van der Waals surface area contributed by atoms with Crippen molar-refractivity contribution in [3.05, 3.63) is 89.5 Å². The van der Waals surface area contributed by atoms with Gasteiger partial charge in [0.15, 0.2) is 5.82 Å². The minimum atomic E-state index is -1.09. The summed E-state index contributed by atoms with van der Waals surface area (Å²) >= 11 is 0. The molecule has 0 spiro atoms. The van der Waals surface area contributed by atoms with Gasteiger partial charge >= 0.3 is 0 Å². The number of likely N-dealkylation sites (tertiary alicyclic amines) is 1. The highest BCUT2D eigenvalue weighted by Gasteiger charge is 2.38. The first-order valence-electron chi connectivity index (χ1n) is 14.5. The van der Waals surface area contributed by atoms with Crippen molar-refractivity contribution >= 4 is 5.91 Å². The number of carbonyl (C=O) groups excluding carboxylic acids is 1. The molecule has 0 saturated carbocycles. The van der Waals surface area contributed by atoms with Crippen LogP contribution >= 0.6 is 0 Å². The lowest BCUT2D eigenvalue weighted by molar-refractivity contribution is -0.135. The van der Waals surface area contributed by atoms with E-state index in [9.17, 15) is 9.90 Å². The smallest absolute Gasteiger partial charge is 0.227 e. The maximum absolute atomic E-state index is 13.0. The third-order valence-corrected chi connectivity index (χ3v) is 7.64. The van der Waals surface area contributed by atoms with Crippen LogP contribution in [0.25, 0.3) is 22.8 Å². The molecule has 4 aromatic rings. The normalized spacial score (nSPS) is 14.5. The molecule has 5 rings (SSSR count). The van der Waals surface area contributed by atoms with E-state index in [4.69, 9.17) is 10.2 Å². The summed E-state index contributed by atoms with van der Waals surface area (Å²) in [5.74, 6) is 0.721. The van der Waals surface area contributed by atoms with Gasteiger partial charge in [-0.2, -0.15) is 5.26 Å². The van der Waals surface area contributed by atoms with E-state index in [0.717, 1.165) is 28.1 Å². The van der Waals surface area contributed by atoms with Crippen molar-refractivity contribution in [3.63, 3.8) is 0 Å². The summed E-state index contributed by atoms with van der Waals surface area (Å²) in [7, 11) is 1.91. The number of hydrogen-bond acceptors (Lipinski definition) is 6. The molecule has 0 radical (unpaired) electrons. The molecule has 42 heavy (non-hydrogen) atoms. The van der Waals surface area contributed by atoms with Crippen molar-refractivity contribution in [1.82, 2.24) is 24.4 Å². The highest BCUT2D eigenvalue weighted by Crippen LogP contribution is 2.34. The number of rotatable bonds is 5. The fourth-order valence-corrected chi connectivity index (χ4v) is 4.98. The second-order valence-electron chi connectivity index (χ2n) is 11.6. The standard InChI is InChI=1S/C32H34N6O2.C2H6/c1-31(2,3)25-10-12-27(35-20-25)30-36-28(21-37(30)4)32(40)13-15-38(16-14-32)29(39)17-23-7-11-26(34-19-23)24-8-5-22(18-33)6-9-24;1-2/h5-12,19-21,40H,13-17H2,1-4H3;1-2H3. The van der Waals surface area contributed by atoms with Gasteiger partial charge in [-0.25, -0.2) is 4.98 Å². The molecule has 1 aliphatic heterocycles. The van der Waals surface area contributed by atoms with Crippen LogP contribution in [0.2, 0.25) is 0 Å². The lowest BCUT2D eigenvalue weighted by Gasteiger charge is -2.37. The summed E-state index contributed by atoms with van der Waals surface area (Å²) in [6, 6.07) is 17.2. The van der Waals surface area contributed by atoms with Gasteiger partial charge in [0.25, 0.3) is 0 Å². The van der Waals surface area contributed by atoms with Crippen LogP contribution in [0.5, 0.6) is 0 Å². The molecule has 3 aromatic heterocycles. The Balaban J connectivity index is 0.00000198. The van der Waals surface area contributed by atoms with Crippen molar-refractivity contribution in [3.8, 4) is 28.8 Å². The van der Waals surface area contributed by atoms with E-state index in [1.807, 2.05) is 68.2 Å². The van der Waals surface area contributed by atoms with Crippen molar-refractivity contribution < 1.29 is 9.90 Å². The average molecular weight is 565 g/mol. The Hall–Kier alpha value is -4.35. The number of imidazole rings is 1. The Morgan fingerprint density at radius 3 is 2.17 bits per heavy atom. The topological polar surface area (TPSA) is 108 Å². The summed E-state index contributed by atoms with van der Waals surface area (Å²) in [6.07, 6.45) is 6.57. The van der Waals surface area contributed by atoms with Crippen molar-refractivity contribution in [2.45, 2.75) is 64.9 Å². The van der Waals surface area contributed by atoms with Gasteiger partial charge in [0, 0.05) is 44.3 Å². The molecule has 1 fully saturated rings. The van der Waals surface area contributed by atoms with Gasteiger partial charge in [0.1, 0.15) is 11.3 Å². The van der Waals surface area contributed by atoms with E-state index in [-0.39, 0.29) is 17.7 Å². The Morgan fingerprint density at radius 1 is 0.976 bits per heavy atom. The molecule has 1 aromatic carbocycles. The highest BCUT2D eigenvalue weighted by molar-refractivity contribution is 5.79. The van der Waals surface area contributed by atoms with Crippen molar-refractivity contribution in [2.75, 3.05) is 13.1 Å². The Bertz CT molecular complexity index is 1530. The molecule has 0 unspecified atom stereocenters. The largest absolute Gasteiger partial charge is 0.383 e. The average Bonchev–Trinajstić information content (AvgIpc) is 3.41. The van der Waals surface area contributed by atoms with Crippen LogP contribution in [0.1, 0.15) is 69.8 Å². The highest BCUT2D eigenvalue weighted by atomic mass is 16.3. The Labute approximate surface area is 248 Å². The first kappa shape index (κ1) is 30.6. The predicted octanol–water partition coefficient (Wildman–Crippen LogP) is 5.79. The molecule has 1 saturated heterocycles. The Kier molecular flexibility index (Phi) is 9.23.